The van der Waals surface area contributed by atoms with Gasteiger partial charge in [0.05, 0.1) is 0 Å². The van der Waals surface area contributed by atoms with Gasteiger partial charge in [0.15, 0.2) is 5.82 Å². The molecule has 4 aliphatic carbocycles. The topological polar surface area (TPSA) is 56.0 Å². The molecule has 5 rings (SSSR count). The van der Waals surface area contributed by atoms with E-state index in [1.165, 1.54) is 32.1 Å². The van der Waals surface area contributed by atoms with Gasteiger partial charge in [0.1, 0.15) is 5.78 Å². The summed E-state index contributed by atoms with van der Waals surface area (Å²) in [5.74, 6) is 6.44. The van der Waals surface area contributed by atoms with Gasteiger partial charge >= 0.3 is 0 Å². The number of Topliss-reactive ketones (excluding diaryl/α,β-unsaturated/α-hetero) is 1. The van der Waals surface area contributed by atoms with Crippen molar-refractivity contribution in [2.24, 2.45) is 35.0 Å². The molecule has 4 bridgehead atoms. The Morgan fingerprint density at radius 3 is 2.27 bits per heavy atom. The molecule has 4 saturated carbocycles. The molecule has 4 nitrogen and oxygen atoms in total. The highest BCUT2D eigenvalue weighted by Gasteiger charge is 2.48. The fourth-order valence-corrected chi connectivity index (χ4v) is 6.29. The van der Waals surface area contributed by atoms with E-state index >= 15 is 0 Å². The summed E-state index contributed by atoms with van der Waals surface area (Å²) < 4.78 is 5.40. The molecular formula is C22H34N2O2. The molecule has 0 aromatic carbocycles. The van der Waals surface area contributed by atoms with E-state index in [0.29, 0.717) is 30.4 Å². The zero-order chi connectivity index (χ0) is 18.5. The molecule has 0 aliphatic heterocycles. The fraction of sp³-hybridized carbons (Fsp3) is 0.864. The quantitative estimate of drug-likeness (QED) is 0.673. The zero-order valence-electron chi connectivity index (χ0n) is 16.8. The molecule has 0 amide bonds. The van der Waals surface area contributed by atoms with E-state index in [-0.39, 0.29) is 11.3 Å². The van der Waals surface area contributed by atoms with E-state index < -0.39 is 0 Å². The first-order chi connectivity index (χ1) is 12.3. The number of carbonyl (C=O) groups excluding carboxylic acids is 1. The van der Waals surface area contributed by atoms with Crippen LogP contribution in [0.1, 0.15) is 90.3 Å². The average molecular weight is 359 g/mol. The summed E-state index contributed by atoms with van der Waals surface area (Å²) in [4.78, 5) is 17.4. The van der Waals surface area contributed by atoms with Crippen LogP contribution in [-0.2, 0) is 11.2 Å². The first kappa shape index (κ1) is 18.2. The summed E-state index contributed by atoms with van der Waals surface area (Å²) in [6.45, 7) is 8.44. The second-order valence-electron chi connectivity index (χ2n) is 10.6. The SMILES string of the molecule is CC(C)c1noc(CC(C)(C)CC(=O)CC2C3CC4CC(C3)CC2C4)n1. The lowest BCUT2D eigenvalue weighted by Gasteiger charge is -2.54. The van der Waals surface area contributed by atoms with Crippen molar-refractivity contribution < 1.29 is 9.32 Å². The lowest BCUT2D eigenvalue weighted by molar-refractivity contribution is -0.126. The summed E-state index contributed by atoms with van der Waals surface area (Å²) in [5, 5.41) is 4.05. The Morgan fingerprint density at radius 1 is 1.12 bits per heavy atom. The van der Waals surface area contributed by atoms with Gasteiger partial charge in [0.25, 0.3) is 0 Å². The minimum absolute atomic E-state index is 0.121. The number of carbonyl (C=O) groups is 1. The first-order valence-electron chi connectivity index (χ1n) is 10.6. The van der Waals surface area contributed by atoms with E-state index in [0.717, 1.165) is 35.9 Å². The second-order valence-corrected chi connectivity index (χ2v) is 10.6. The highest BCUT2D eigenvalue weighted by molar-refractivity contribution is 5.79. The maximum absolute atomic E-state index is 12.9. The van der Waals surface area contributed by atoms with Crippen LogP contribution >= 0.6 is 0 Å². The molecule has 0 spiro atoms. The lowest BCUT2D eigenvalue weighted by Crippen LogP contribution is -2.45. The molecule has 0 N–H and O–H groups in total. The van der Waals surface area contributed by atoms with Gasteiger partial charge in [-0.2, -0.15) is 4.98 Å². The van der Waals surface area contributed by atoms with E-state index in [4.69, 9.17) is 4.52 Å². The Bertz CT molecular complexity index is 633. The van der Waals surface area contributed by atoms with Crippen molar-refractivity contribution in [3.63, 3.8) is 0 Å². The van der Waals surface area contributed by atoms with E-state index in [1.54, 1.807) is 0 Å². The Hall–Kier alpha value is -1.19. The molecule has 1 aromatic heterocycles. The zero-order valence-corrected chi connectivity index (χ0v) is 16.8. The number of rotatable bonds is 7. The third-order valence-electron chi connectivity index (χ3n) is 7.19. The molecule has 1 heterocycles. The van der Waals surface area contributed by atoms with Crippen molar-refractivity contribution in [2.45, 2.75) is 85.0 Å². The maximum Gasteiger partial charge on any atom is 0.227 e. The molecule has 0 saturated heterocycles. The molecular weight excluding hydrogens is 324 g/mol. The van der Waals surface area contributed by atoms with Crippen molar-refractivity contribution in [3.8, 4) is 0 Å². The first-order valence-corrected chi connectivity index (χ1v) is 10.6. The van der Waals surface area contributed by atoms with Gasteiger partial charge in [-0.05, 0) is 67.1 Å². The average Bonchev–Trinajstić information content (AvgIpc) is 2.97. The van der Waals surface area contributed by atoms with Crippen LogP contribution in [0.25, 0.3) is 0 Å². The van der Waals surface area contributed by atoms with Crippen LogP contribution in [0.4, 0.5) is 0 Å². The Morgan fingerprint density at radius 2 is 1.73 bits per heavy atom. The van der Waals surface area contributed by atoms with E-state index in [9.17, 15) is 4.79 Å². The van der Waals surface area contributed by atoms with Gasteiger partial charge in [-0.3, -0.25) is 4.79 Å². The molecule has 26 heavy (non-hydrogen) atoms. The largest absolute Gasteiger partial charge is 0.339 e. The third kappa shape index (κ3) is 3.75. The van der Waals surface area contributed by atoms with Crippen LogP contribution in [0.3, 0.4) is 0 Å². The summed E-state index contributed by atoms with van der Waals surface area (Å²) in [5.41, 5.74) is -0.121. The Kier molecular flexibility index (Phi) is 4.73. The predicted molar refractivity (Wildman–Crippen MR) is 101 cm³/mol. The van der Waals surface area contributed by atoms with Crippen LogP contribution in [0.2, 0.25) is 0 Å². The molecule has 4 aliphatic rings. The van der Waals surface area contributed by atoms with Gasteiger partial charge in [0.2, 0.25) is 5.89 Å². The van der Waals surface area contributed by atoms with Crippen LogP contribution < -0.4 is 0 Å². The third-order valence-corrected chi connectivity index (χ3v) is 7.19. The van der Waals surface area contributed by atoms with Gasteiger partial charge in [-0.25, -0.2) is 0 Å². The van der Waals surface area contributed by atoms with Crippen molar-refractivity contribution in [1.82, 2.24) is 10.1 Å². The molecule has 1 aromatic rings. The molecule has 0 atom stereocenters. The van der Waals surface area contributed by atoms with Crippen LogP contribution in [0.15, 0.2) is 4.52 Å². The minimum atomic E-state index is -0.121. The van der Waals surface area contributed by atoms with Gasteiger partial charge in [-0.15, -0.1) is 0 Å². The molecule has 0 radical (unpaired) electrons. The highest BCUT2D eigenvalue weighted by atomic mass is 16.5. The van der Waals surface area contributed by atoms with Crippen molar-refractivity contribution in [2.75, 3.05) is 0 Å². The minimum Gasteiger partial charge on any atom is -0.339 e. The van der Waals surface area contributed by atoms with Gasteiger partial charge in [-0.1, -0.05) is 32.9 Å². The lowest BCUT2D eigenvalue weighted by atomic mass is 9.51. The summed E-state index contributed by atoms with van der Waals surface area (Å²) in [6, 6.07) is 0. The van der Waals surface area contributed by atoms with E-state index in [1.807, 2.05) is 0 Å². The van der Waals surface area contributed by atoms with Gasteiger partial charge in [0, 0.05) is 25.2 Å². The number of hydrogen-bond donors (Lipinski definition) is 0. The number of nitrogens with zero attached hydrogens (tertiary/aromatic N) is 2. The summed E-state index contributed by atoms with van der Waals surface area (Å²) in [7, 11) is 0. The summed E-state index contributed by atoms with van der Waals surface area (Å²) >= 11 is 0. The van der Waals surface area contributed by atoms with E-state index in [2.05, 4.69) is 37.8 Å². The second kappa shape index (κ2) is 6.76. The van der Waals surface area contributed by atoms with Crippen molar-refractivity contribution in [1.29, 1.82) is 0 Å². The normalized spacial score (nSPS) is 33.2. The molecule has 4 heteroatoms. The standard InChI is InChI=1S/C22H34N2O2/c1-13(2)21-23-20(26-24-21)12-22(3,4)11-18(25)10-19-16-6-14-5-15(8-16)9-17(19)7-14/h13-17,19H,5-12H2,1-4H3. The number of aromatic nitrogens is 2. The molecule has 4 fully saturated rings. The maximum atomic E-state index is 12.9. The van der Waals surface area contributed by atoms with Crippen LogP contribution in [-0.4, -0.2) is 15.9 Å². The molecule has 144 valence electrons. The Labute approximate surface area is 157 Å². The molecule has 0 unspecified atom stereocenters. The van der Waals surface area contributed by atoms with Crippen molar-refractivity contribution in [3.05, 3.63) is 11.7 Å². The van der Waals surface area contributed by atoms with Crippen LogP contribution in [0.5, 0.6) is 0 Å². The van der Waals surface area contributed by atoms with Crippen molar-refractivity contribution >= 4 is 5.78 Å². The van der Waals surface area contributed by atoms with Gasteiger partial charge < -0.3 is 4.52 Å². The number of hydrogen-bond acceptors (Lipinski definition) is 4. The van der Waals surface area contributed by atoms with Crippen LogP contribution in [0, 0.1) is 35.0 Å². The Balaban J connectivity index is 1.33. The summed E-state index contributed by atoms with van der Waals surface area (Å²) in [6.07, 6.45) is 9.17. The highest BCUT2D eigenvalue weighted by Crippen LogP contribution is 2.57. The predicted octanol–water partition coefficient (Wildman–Crippen LogP) is 5.18. The number of ketones is 1. The fourth-order valence-electron chi connectivity index (χ4n) is 6.29. The monoisotopic (exact) mass is 358 g/mol. The smallest absolute Gasteiger partial charge is 0.227 e.